The molecule has 0 radical (unpaired) electrons. The smallest absolute Gasteiger partial charge is 0.317 e. The molecular formula is C14H24N2O4S. The number of nitrogens with zero attached hydrogens (tertiary/aromatic N) is 1. The van der Waals surface area contributed by atoms with Gasteiger partial charge >= 0.3 is 12.0 Å². The molecule has 7 heteroatoms. The molecule has 1 saturated heterocycles. The van der Waals surface area contributed by atoms with Crippen LogP contribution in [0.15, 0.2) is 0 Å². The molecule has 0 aromatic rings. The maximum atomic E-state index is 12.3. The van der Waals surface area contributed by atoms with Crippen molar-refractivity contribution in [1.82, 2.24) is 10.2 Å². The summed E-state index contributed by atoms with van der Waals surface area (Å²) in [6.45, 7) is 2.62. The van der Waals surface area contributed by atoms with Crippen molar-refractivity contribution in [2.45, 2.75) is 43.5 Å². The van der Waals surface area contributed by atoms with Gasteiger partial charge in [0.05, 0.1) is 19.3 Å². The molecule has 4 unspecified atom stereocenters. The van der Waals surface area contributed by atoms with Gasteiger partial charge in [-0.15, -0.1) is 0 Å². The molecule has 0 aromatic heterocycles. The van der Waals surface area contributed by atoms with Crippen molar-refractivity contribution in [2.24, 2.45) is 5.92 Å². The van der Waals surface area contributed by atoms with Crippen LogP contribution in [0.1, 0.15) is 26.2 Å². The Morgan fingerprint density at radius 3 is 2.81 bits per heavy atom. The van der Waals surface area contributed by atoms with Crippen LogP contribution in [0.2, 0.25) is 0 Å². The summed E-state index contributed by atoms with van der Waals surface area (Å²) in [5.41, 5.74) is 0. The van der Waals surface area contributed by atoms with E-state index in [1.54, 1.807) is 7.05 Å². The summed E-state index contributed by atoms with van der Waals surface area (Å²) in [7, 11) is 1.65. The molecule has 120 valence electrons. The number of urea groups is 1. The normalized spacial score (nSPS) is 32.1. The number of carboxylic acid groups (broad SMARTS) is 1. The Morgan fingerprint density at radius 1 is 1.38 bits per heavy atom. The van der Waals surface area contributed by atoms with Crippen LogP contribution < -0.4 is 5.32 Å². The average molecular weight is 316 g/mol. The van der Waals surface area contributed by atoms with E-state index in [9.17, 15) is 9.59 Å². The lowest BCUT2D eigenvalue weighted by Crippen LogP contribution is -2.50. The molecule has 2 rings (SSSR count). The Hall–Kier alpha value is -0.950. The van der Waals surface area contributed by atoms with Gasteiger partial charge in [0.15, 0.2) is 0 Å². The molecule has 0 spiro atoms. The fourth-order valence-corrected chi connectivity index (χ4v) is 4.19. The Labute approximate surface area is 129 Å². The summed E-state index contributed by atoms with van der Waals surface area (Å²) in [6.07, 6.45) is 3.14. The van der Waals surface area contributed by atoms with Crippen molar-refractivity contribution in [3.05, 3.63) is 0 Å². The molecule has 2 N–H and O–H groups in total. The predicted molar refractivity (Wildman–Crippen MR) is 81.6 cm³/mol. The fourth-order valence-electron chi connectivity index (χ4n) is 3.05. The summed E-state index contributed by atoms with van der Waals surface area (Å²) < 4.78 is 5.22. The van der Waals surface area contributed by atoms with E-state index in [0.29, 0.717) is 11.9 Å². The summed E-state index contributed by atoms with van der Waals surface area (Å²) >= 11 is 1.95. The molecule has 4 atom stereocenters. The first kappa shape index (κ1) is 16.4. The number of nitrogens with one attached hydrogen (secondary N) is 1. The Balaban J connectivity index is 1.84. The van der Waals surface area contributed by atoms with Gasteiger partial charge in [-0.1, -0.05) is 6.92 Å². The molecule has 1 saturated carbocycles. The minimum Gasteiger partial charge on any atom is -0.481 e. The zero-order valence-electron chi connectivity index (χ0n) is 12.6. The van der Waals surface area contributed by atoms with Gasteiger partial charge in [0, 0.05) is 18.3 Å². The SMILES string of the molecule is CCSC1CCC(NC(=O)N(C)C2COCC2C(=O)O)C1. The van der Waals surface area contributed by atoms with Gasteiger partial charge in [0.2, 0.25) is 0 Å². The second kappa shape index (κ2) is 7.35. The van der Waals surface area contributed by atoms with Crippen LogP contribution in [0, 0.1) is 5.92 Å². The lowest BCUT2D eigenvalue weighted by atomic mass is 10.0. The molecule has 6 nitrogen and oxygen atoms in total. The monoisotopic (exact) mass is 316 g/mol. The molecule has 2 amide bonds. The van der Waals surface area contributed by atoms with Crippen LogP contribution in [0.5, 0.6) is 0 Å². The summed E-state index contributed by atoms with van der Waals surface area (Å²) in [5, 5.41) is 12.8. The van der Waals surface area contributed by atoms with Gasteiger partial charge in [-0.2, -0.15) is 11.8 Å². The maximum absolute atomic E-state index is 12.3. The van der Waals surface area contributed by atoms with E-state index in [2.05, 4.69) is 12.2 Å². The third-order valence-corrected chi connectivity index (χ3v) is 5.53. The number of hydrogen-bond donors (Lipinski definition) is 2. The van der Waals surface area contributed by atoms with Crippen LogP contribution >= 0.6 is 11.8 Å². The Bertz CT molecular complexity index is 393. The Kier molecular flexibility index (Phi) is 5.75. The minimum atomic E-state index is -0.905. The molecule has 2 aliphatic rings. The first-order valence-electron chi connectivity index (χ1n) is 7.48. The molecule has 1 aliphatic carbocycles. The van der Waals surface area contributed by atoms with Gasteiger partial charge in [-0.3, -0.25) is 4.79 Å². The molecule has 1 heterocycles. The van der Waals surface area contributed by atoms with Crippen LogP contribution in [0.4, 0.5) is 4.79 Å². The van der Waals surface area contributed by atoms with E-state index in [1.807, 2.05) is 11.8 Å². The molecule has 0 bridgehead atoms. The van der Waals surface area contributed by atoms with E-state index in [4.69, 9.17) is 9.84 Å². The number of ether oxygens (including phenoxy) is 1. The molecule has 21 heavy (non-hydrogen) atoms. The summed E-state index contributed by atoms with van der Waals surface area (Å²) in [6, 6.07) is -0.372. The number of hydrogen-bond acceptors (Lipinski definition) is 4. The van der Waals surface area contributed by atoms with Gasteiger partial charge < -0.3 is 20.1 Å². The van der Waals surface area contributed by atoms with E-state index < -0.39 is 11.9 Å². The maximum Gasteiger partial charge on any atom is 0.317 e. The summed E-state index contributed by atoms with van der Waals surface area (Å²) in [4.78, 5) is 24.9. The highest BCUT2D eigenvalue weighted by Crippen LogP contribution is 2.30. The lowest BCUT2D eigenvalue weighted by Gasteiger charge is -2.28. The number of thioether (sulfide) groups is 1. The predicted octanol–water partition coefficient (Wildman–Crippen LogP) is 1.40. The number of carboxylic acids is 1. The van der Waals surface area contributed by atoms with E-state index >= 15 is 0 Å². The van der Waals surface area contributed by atoms with Gasteiger partial charge in [-0.05, 0) is 25.0 Å². The van der Waals surface area contributed by atoms with Crippen molar-refractivity contribution in [1.29, 1.82) is 0 Å². The minimum absolute atomic E-state index is 0.177. The zero-order chi connectivity index (χ0) is 15.4. The number of rotatable bonds is 5. The van der Waals surface area contributed by atoms with Gasteiger partial charge in [0.1, 0.15) is 5.92 Å². The second-order valence-electron chi connectivity index (χ2n) is 5.70. The lowest BCUT2D eigenvalue weighted by molar-refractivity contribution is -0.142. The zero-order valence-corrected chi connectivity index (χ0v) is 13.4. The molecular weight excluding hydrogens is 292 g/mol. The topological polar surface area (TPSA) is 78.9 Å². The van der Waals surface area contributed by atoms with Crippen LogP contribution in [-0.4, -0.2) is 65.4 Å². The third kappa shape index (κ3) is 4.03. The number of aliphatic carboxylic acids is 1. The summed E-state index contributed by atoms with van der Waals surface area (Å²) in [5.74, 6) is -0.435. The quantitative estimate of drug-likeness (QED) is 0.801. The highest BCUT2D eigenvalue weighted by molar-refractivity contribution is 7.99. The van der Waals surface area contributed by atoms with Crippen molar-refractivity contribution >= 4 is 23.8 Å². The molecule has 2 fully saturated rings. The van der Waals surface area contributed by atoms with Crippen LogP contribution in [0.25, 0.3) is 0 Å². The molecule has 0 aromatic carbocycles. The largest absolute Gasteiger partial charge is 0.481 e. The number of carbonyl (C=O) groups excluding carboxylic acids is 1. The van der Waals surface area contributed by atoms with Crippen LogP contribution in [-0.2, 0) is 9.53 Å². The van der Waals surface area contributed by atoms with Gasteiger partial charge in [-0.25, -0.2) is 4.79 Å². The van der Waals surface area contributed by atoms with Crippen LogP contribution in [0.3, 0.4) is 0 Å². The molecule has 1 aliphatic heterocycles. The number of likely N-dealkylation sites (N-methyl/N-ethyl adjacent to an activating group) is 1. The highest BCUT2D eigenvalue weighted by Gasteiger charge is 2.39. The average Bonchev–Trinajstić information content (AvgIpc) is 3.07. The number of amides is 2. The fraction of sp³-hybridized carbons (Fsp3) is 0.857. The highest BCUT2D eigenvalue weighted by atomic mass is 32.2. The third-order valence-electron chi connectivity index (χ3n) is 4.30. The number of carbonyl (C=O) groups is 2. The van der Waals surface area contributed by atoms with E-state index in [1.165, 1.54) is 4.90 Å². The van der Waals surface area contributed by atoms with E-state index in [0.717, 1.165) is 25.0 Å². The Morgan fingerprint density at radius 2 is 2.14 bits per heavy atom. The van der Waals surface area contributed by atoms with Crippen molar-refractivity contribution in [3.8, 4) is 0 Å². The van der Waals surface area contributed by atoms with Crippen molar-refractivity contribution in [2.75, 3.05) is 26.0 Å². The first-order valence-corrected chi connectivity index (χ1v) is 8.53. The first-order chi connectivity index (χ1) is 10.0. The second-order valence-corrected chi connectivity index (χ2v) is 7.27. The van der Waals surface area contributed by atoms with Gasteiger partial charge in [0.25, 0.3) is 0 Å². The standard InChI is InChI=1S/C14H24N2O4S/c1-3-21-10-5-4-9(6-10)15-14(19)16(2)12-8-20-7-11(12)13(17)18/h9-12H,3-8H2,1-2H3,(H,15,19)(H,17,18). The van der Waals surface area contributed by atoms with E-state index in [-0.39, 0.29) is 24.7 Å². The van der Waals surface area contributed by atoms with Crippen molar-refractivity contribution < 1.29 is 19.4 Å². The van der Waals surface area contributed by atoms with Crippen molar-refractivity contribution in [3.63, 3.8) is 0 Å².